The van der Waals surface area contributed by atoms with E-state index in [4.69, 9.17) is 9.47 Å². The first-order valence-corrected chi connectivity index (χ1v) is 7.79. The molecule has 0 N–H and O–H groups in total. The van der Waals surface area contributed by atoms with Gasteiger partial charge in [-0.05, 0) is 45.0 Å². The first-order chi connectivity index (χ1) is 11.2. The molecule has 0 aliphatic carbocycles. The Morgan fingerprint density at radius 2 is 1.76 bits per heavy atom. The van der Waals surface area contributed by atoms with Crippen molar-refractivity contribution in [1.29, 1.82) is 0 Å². The van der Waals surface area contributed by atoms with Gasteiger partial charge in [0.05, 0.1) is 13.7 Å². The number of piperazine rings is 1. The van der Waals surface area contributed by atoms with E-state index < -0.39 is 23.7 Å². The quantitative estimate of drug-likeness (QED) is 0.747. The predicted molar refractivity (Wildman–Crippen MR) is 97.7 cm³/mol. The number of methoxy groups -OCH3 is 1. The van der Waals surface area contributed by atoms with E-state index in [1.54, 1.807) is 32.9 Å². The molecule has 1 aliphatic heterocycles. The SMILES string of the molecule is COC(=O)C1CN(C(=O)OC(C)(C)C)CCN1c1ccc(F)cc1.S. The van der Waals surface area contributed by atoms with Crippen LogP contribution >= 0.6 is 13.5 Å². The fraction of sp³-hybridized carbons (Fsp3) is 0.529. The highest BCUT2D eigenvalue weighted by Crippen LogP contribution is 2.23. The van der Waals surface area contributed by atoms with Gasteiger partial charge < -0.3 is 19.3 Å². The number of hydrogen-bond donors (Lipinski definition) is 0. The van der Waals surface area contributed by atoms with Crippen LogP contribution in [0.1, 0.15) is 20.8 Å². The Morgan fingerprint density at radius 3 is 2.28 bits per heavy atom. The van der Waals surface area contributed by atoms with Gasteiger partial charge in [-0.1, -0.05) is 0 Å². The van der Waals surface area contributed by atoms with Crippen molar-refractivity contribution in [2.75, 3.05) is 31.6 Å². The standard InChI is InChI=1S/C17H23FN2O4.H2S/c1-17(2,3)24-16(22)19-9-10-20(14(11-19)15(21)23-4)13-7-5-12(18)6-8-13;/h5-8,14H,9-11H2,1-4H3;1H2. The van der Waals surface area contributed by atoms with E-state index in [2.05, 4.69) is 0 Å². The molecule has 1 aromatic rings. The van der Waals surface area contributed by atoms with E-state index in [9.17, 15) is 14.0 Å². The van der Waals surface area contributed by atoms with Crippen LogP contribution in [0.5, 0.6) is 0 Å². The Morgan fingerprint density at radius 1 is 1.16 bits per heavy atom. The Kier molecular flexibility index (Phi) is 7.10. The maximum absolute atomic E-state index is 13.1. The van der Waals surface area contributed by atoms with Gasteiger partial charge >= 0.3 is 12.1 Å². The van der Waals surface area contributed by atoms with Crippen LogP contribution in [-0.4, -0.2) is 55.3 Å². The molecule has 1 aromatic carbocycles. The number of amides is 1. The van der Waals surface area contributed by atoms with Crippen LogP contribution in [0.3, 0.4) is 0 Å². The predicted octanol–water partition coefficient (Wildman–Crippen LogP) is 2.54. The second-order valence-electron chi connectivity index (χ2n) is 6.64. The number of carbonyl (C=O) groups excluding carboxylic acids is 2. The van der Waals surface area contributed by atoms with Crippen molar-refractivity contribution < 1.29 is 23.5 Å². The number of rotatable bonds is 2. The summed E-state index contributed by atoms with van der Waals surface area (Å²) >= 11 is 0. The fourth-order valence-electron chi connectivity index (χ4n) is 2.55. The van der Waals surface area contributed by atoms with Crippen LogP contribution in [0.25, 0.3) is 0 Å². The van der Waals surface area contributed by atoms with Gasteiger partial charge in [0.2, 0.25) is 0 Å². The average Bonchev–Trinajstić information content (AvgIpc) is 2.52. The monoisotopic (exact) mass is 372 g/mol. The number of hydrogen-bond acceptors (Lipinski definition) is 5. The molecular formula is C17H25FN2O4S. The average molecular weight is 372 g/mol. The van der Waals surface area contributed by atoms with E-state index in [1.165, 1.54) is 24.1 Å². The zero-order valence-corrected chi connectivity index (χ0v) is 15.9. The van der Waals surface area contributed by atoms with Crippen LogP contribution in [0, 0.1) is 5.82 Å². The second-order valence-corrected chi connectivity index (χ2v) is 6.64. The third-order valence-electron chi connectivity index (χ3n) is 3.66. The van der Waals surface area contributed by atoms with Crippen LogP contribution in [0.2, 0.25) is 0 Å². The molecule has 140 valence electrons. The molecule has 2 rings (SSSR count). The largest absolute Gasteiger partial charge is 0.467 e. The maximum atomic E-state index is 13.1. The molecule has 1 unspecified atom stereocenters. The molecular weight excluding hydrogens is 347 g/mol. The molecule has 0 aromatic heterocycles. The summed E-state index contributed by atoms with van der Waals surface area (Å²) in [5.41, 5.74) is 0.0991. The minimum Gasteiger partial charge on any atom is -0.467 e. The molecule has 1 saturated heterocycles. The van der Waals surface area contributed by atoms with Gasteiger partial charge in [0, 0.05) is 18.8 Å². The lowest BCUT2D eigenvalue weighted by Crippen LogP contribution is -2.58. The molecule has 8 heteroatoms. The molecule has 1 atom stereocenters. The summed E-state index contributed by atoms with van der Waals surface area (Å²) in [5, 5.41) is 0. The van der Waals surface area contributed by atoms with E-state index >= 15 is 0 Å². The summed E-state index contributed by atoms with van der Waals surface area (Å²) in [6, 6.07) is 5.22. The highest BCUT2D eigenvalue weighted by Gasteiger charge is 2.36. The summed E-state index contributed by atoms with van der Waals surface area (Å²) in [5.74, 6) is -0.798. The molecule has 0 saturated carbocycles. The topological polar surface area (TPSA) is 59.1 Å². The van der Waals surface area contributed by atoms with Gasteiger partial charge in [-0.15, -0.1) is 0 Å². The van der Waals surface area contributed by atoms with Crippen LogP contribution in [0.15, 0.2) is 24.3 Å². The van der Waals surface area contributed by atoms with Crippen LogP contribution in [0.4, 0.5) is 14.9 Å². The highest BCUT2D eigenvalue weighted by molar-refractivity contribution is 7.59. The smallest absolute Gasteiger partial charge is 0.410 e. The van der Waals surface area contributed by atoms with Crippen molar-refractivity contribution in [1.82, 2.24) is 4.90 Å². The van der Waals surface area contributed by atoms with Crippen molar-refractivity contribution in [3.8, 4) is 0 Å². The molecule has 1 heterocycles. The molecule has 25 heavy (non-hydrogen) atoms. The first kappa shape index (κ1) is 21.1. The molecule has 1 fully saturated rings. The Bertz CT molecular complexity index is 604. The van der Waals surface area contributed by atoms with E-state index in [1.807, 2.05) is 4.90 Å². The number of halogens is 1. The van der Waals surface area contributed by atoms with Gasteiger partial charge in [-0.2, -0.15) is 13.5 Å². The van der Waals surface area contributed by atoms with Gasteiger partial charge in [0.15, 0.2) is 0 Å². The Labute approximate surface area is 154 Å². The van der Waals surface area contributed by atoms with Gasteiger partial charge in [-0.3, -0.25) is 0 Å². The summed E-state index contributed by atoms with van der Waals surface area (Å²) in [7, 11) is 1.30. The summed E-state index contributed by atoms with van der Waals surface area (Å²) in [6.45, 7) is 6.34. The van der Waals surface area contributed by atoms with Crippen molar-refractivity contribution in [2.24, 2.45) is 0 Å². The van der Waals surface area contributed by atoms with Crippen molar-refractivity contribution in [2.45, 2.75) is 32.4 Å². The minimum absolute atomic E-state index is 0. The molecule has 1 aliphatic rings. The highest BCUT2D eigenvalue weighted by atomic mass is 32.1. The minimum atomic E-state index is -0.665. The fourth-order valence-corrected chi connectivity index (χ4v) is 2.55. The van der Waals surface area contributed by atoms with Gasteiger partial charge in [0.25, 0.3) is 0 Å². The van der Waals surface area contributed by atoms with Gasteiger partial charge in [0.1, 0.15) is 17.5 Å². The Hall–Kier alpha value is -1.96. The zero-order valence-electron chi connectivity index (χ0n) is 14.9. The number of benzene rings is 1. The second kappa shape index (κ2) is 8.42. The van der Waals surface area contributed by atoms with E-state index in [0.717, 1.165) is 0 Å². The Balaban J connectivity index is 0.00000312. The van der Waals surface area contributed by atoms with Gasteiger partial charge in [-0.25, -0.2) is 14.0 Å². The summed E-state index contributed by atoms with van der Waals surface area (Å²) in [4.78, 5) is 27.7. The third kappa shape index (κ3) is 5.52. The molecule has 0 radical (unpaired) electrons. The number of esters is 1. The third-order valence-corrected chi connectivity index (χ3v) is 3.66. The van der Waals surface area contributed by atoms with E-state index in [-0.39, 0.29) is 25.9 Å². The van der Waals surface area contributed by atoms with Crippen molar-refractivity contribution in [3.63, 3.8) is 0 Å². The van der Waals surface area contributed by atoms with Crippen molar-refractivity contribution >= 4 is 31.2 Å². The zero-order chi connectivity index (χ0) is 17.9. The normalized spacial score (nSPS) is 17.6. The summed E-state index contributed by atoms with van der Waals surface area (Å²) < 4.78 is 23.3. The molecule has 1 amide bonds. The van der Waals surface area contributed by atoms with Crippen LogP contribution in [-0.2, 0) is 14.3 Å². The number of anilines is 1. The number of carbonyl (C=O) groups is 2. The lowest BCUT2D eigenvalue weighted by atomic mass is 10.1. The molecule has 0 spiro atoms. The maximum Gasteiger partial charge on any atom is 0.410 e. The lowest BCUT2D eigenvalue weighted by molar-refractivity contribution is -0.143. The lowest BCUT2D eigenvalue weighted by Gasteiger charge is -2.41. The van der Waals surface area contributed by atoms with E-state index in [0.29, 0.717) is 18.8 Å². The van der Waals surface area contributed by atoms with Crippen LogP contribution < -0.4 is 4.90 Å². The number of ether oxygens (including phenoxy) is 2. The van der Waals surface area contributed by atoms with Crippen molar-refractivity contribution in [3.05, 3.63) is 30.1 Å². The first-order valence-electron chi connectivity index (χ1n) is 7.79. The number of nitrogens with zero attached hydrogens (tertiary/aromatic N) is 2. The summed E-state index contributed by atoms with van der Waals surface area (Å²) in [6.07, 6.45) is -0.463. The molecule has 0 bridgehead atoms. The molecule has 6 nitrogen and oxygen atoms in total.